The first-order chi connectivity index (χ1) is 41.6. The van der Waals surface area contributed by atoms with E-state index in [1.165, 1.54) is 161 Å². The van der Waals surface area contributed by atoms with E-state index in [9.17, 15) is 34.5 Å². The number of aliphatic hydroxyl groups excluding tert-OH is 2. The summed E-state index contributed by atoms with van der Waals surface area (Å²) in [6.07, 6.45) is 64.5. The molecule has 1 fully saturated rings. The molecular formula is C73H128O12. The Balaban J connectivity index is 2.64. The van der Waals surface area contributed by atoms with Crippen LogP contribution in [0.1, 0.15) is 329 Å². The van der Waals surface area contributed by atoms with E-state index in [1.807, 2.05) is 0 Å². The summed E-state index contributed by atoms with van der Waals surface area (Å²) in [4.78, 5) is 51.5. The lowest BCUT2D eigenvalue weighted by Gasteiger charge is -2.40. The van der Waals surface area contributed by atoms with Gasteiger partial charge in [0.05, 0.1) is 6.61 Å². The molecule has 6 unspecified atom stereocenters. The van der Waals surface area contributed by atoms with Gasteiger partial charge in [0.2, 0.25) is 0 Å². The molecule has 1 saturated heterocycles. The molecule has 0 bridgehead atoms. The highest BCUT2D eigenvalue weighted by Crippen LogP contribution is 2.27. The molecule has 1 rings (SSSR count). The minimum absolute atomic E-state index is 0.0628. The van der Waals surface area contributed by atoms with Crippen molar-refractivity contribution in [3.8, 4) is 0 Å². The zero-order valence-electron chi connectivity index (χ0n) is 54.6. The molecule has 0 aromatic rings. The second-order valence-corrected chi connectivity index (χ2v) is 24.1. The minimum Gasteiger partial charge on any atom is -0.479 e. The number of unbranched alkanes of at least 4 members (excludes halogenated alkanes) is 37. The van der Waals surface area contributed by atoms with E-state index in [0.717, 1.165) is 109 Å². The van der Waals surface area contributed by atoms with E-state index >= 15 is 0 Å². The standard InChI is InChI=1S/C73H128O12/c1-4-7-10-13-16-19-22-25-28-31-33-36-38-41-44-47-50-53-56-59-65(74)81-62-64(83-66(75)60-57-54-51-48-45-42-40-37-34-32-29-26-23-20-17-14-11-8-5-2)63-82-73-71(69(78)68(77)70(85-73)72(79)80)84-67(76)61-58-55-52-49-46-43-39-35-30-27-24-21-18-15-12-9-6-3/h7,10,16,19,25-26,28-29,33,36,64,68-71,73,77-78H,4-6,8-9,11-15,17-18,20-24,27,30-32,34-35,37-63H2,1-3H3,(H,79,80)/b10-7-,19-16-,28-25-,29-26-,36-33-. The molecule has 0 aromatic heterocycles. The SMILES string of the molecule is CC/C=C\C/C=C\C/C=C\C/C=C\CCCCCCCCC(=O)OCC(COC1OC(C(=O)O)C(O)C(O)C1OC(=O)CCCCCCCCCCCCCCCCCCC)OC(=O)CCCCCCCCCCC/C=C\CCCCCCCC. The Kier molecular flexibility index (Phi) is 56.7. The molecule has 0 aliphatic carbocycles. The third kappa shape index (κ3) is 50.0. The fraction of sp³-hybridized carbons (Fsp3) is 0.808. The normalized spacial score (nSPS) is 17.8. The second-order valence-electron chi connectivity index (χ2n) is 24.1. The number of rotatable bonds is 61. The van der Waals surface area contributed by atoms with Crippen LogP contribution in [0.4, 0.5) is 0 Å². The number of aliphatic carboxylic acids is 1. The molecule has 3 N–H and O–H groups in total. The van der Waals surface area contributed by atoms with Gasteiger partial charge in [-0.25, -0.2) is 4.79 Å². The summed E-state index contributed by atoms with van der Waals surface area (Å²) in [5.41, 5.74) is 0. The maximum Gasteiger partial charge on any atom is 0.335 e. The zero-order chi connectivity index (χ0) is 61.7. The van der Waals surface area contributed by atoms with Crippen molar-refractivity contribution in [3.05, 3.63) is 60.8 Å². The summed E-state index contributed by atoms with van der Waals surface area (Å²) < 4.78 is 28.6. The van der Waals surface area contributed by atoms with Gasteiger partial charge in [-0.1, -0.05) is 287 Å². The van der Waals surface area contributed by atoms with Gasteiger partial charge in [0.15, 0.2) is 24.6 Å². The lowest BCUT2D eigenvalue weighted by Crippen LogP contribution is -2.61. The van der Waals surface area contributed by atoms with Crippen LogP contribution in [-0.2, 0) is 42.9 Å². The molecule has 1 aliphatic heterocycles. The first-order valence-electron chi connectivity index (χ1n) is 35.3. The Hall–Kier alpha value is -3.58. The van der Waals surface area contributed by atoms with Crippen molar-refractivity contribution < 1.29 is 58.2 Å². The van der Waals surface area contributed by atoms with E-state index in [4.69, 9.17) is 23.7 Å². The number of esters is 3. The molecule has 0 spiro atoms. The predicted molar refractivity (Wildman–Crippen MR) is 349 cm³/mol. The molecule has 0 aromatic carbocycles. The highest BCUT2D eigenvalue weighted by molar-refractivity contribution is 5.74. The Morgan fingerprint density at radius 2 is 0.741 bits per heavy atom. The van der Waals surface area contributed by atoms with Gasteiger partial charge in [-0.3, -0.25) is 14.4 Å². The first kappa shape index (κ1) is 79.4. The lowest BCUT2D eigenvalue weighted by molar-refractivity contribution is -0.301. The van der Waals surface area contributed by atoms with Crippen LogP contribution >= 0.6 is 0 Å². The molecule has 0 saturated carbocycles. The summed E-state index contributed by atoms with van der Waals surface area (Å²) in [5.74, 6) is -3.11. The number of allylic oxidation sites excluding steroid dienone is 10. The molecule has 6 atom stereocenters. The third-order valence-corrected chi connectivity index (χ3v) is 16.1. The van der Waals surface area contributed by atoms with Gasteiger partial charge in [-0.05, 0) is 83.5 Å². The molecule has 1 aliphatic rings. The van der Waals surface area contributed by atoms with E-state index < -0.39 is 67.3 Å². The Morgan fingerprint density at radius 3 is 1.14 bits per heavy atom. The molecule has 0 radical (unpaired) electrons. The van der Waals surface area contributed by atoms with Gasteiger partial charge in [0.1, 0.15) is 18.8 Å². The highest BCUT2D eigenvalue weighted by Gasteiger charge is 2.50. The van der Waals surface area contributed by atoms with Gasteiger partial charge < -0.3 is 39.0 Å². The van der Waals surface area contributed by atoms with Gasteiger partial charge in [-0.2, -0.15) is 0 Å². The minimum atomic E-state index is -1.90. The van der Waals surface area contributed by atoms with Crippen LogP contribution in [0.15, 0.2) is 60.8 Å². The van der Waals surface area contributed by atoms with Crippen LogP contribution in [0.3, 0.4) is 0 Å². The molecule has 12 heteroatoms. The molecule has 1 heterocycles. The number of carbonyl (C=O) groups excluding carboxylic acids is 3. The summed E-state index contributed by atoms with van der Waals surface area (Å²) >= 11 is 0. The largest absolute Gasteiger partial charge is 0.479 e. The fourth-order valence-corrected chi connectivity index (χ4v) is 10.7. The van der Waals surface area contributed by atoms with Crippen molar-refractivity contribution in [3.63, 3.8) is 0 Å². The number of carboxylic acid groups (broad SMARTS) is 1. The Bertz CT molecular complexity index is 1710. The van der Waals surface area contributed by atoms with Crippen molar-refractivity contribution >= 4 is 23.9 Å². The number of hydrogen-bond acceptors (Lipinski definition) is 11. The number of carboxylic acids is 1. The highest BCUT2D eigenvalue weighted by atomic mass is 16.7. The third-order valence-electron chi connectivity index (χ3n) is 16.1. The van der Waals surface area contributed by atoms with Crippen LogP contribution in [0.5, 0.6) is 0 Å². The van der Waals surface area contributed by atoms with Crippen LogP contribution in [0, 0.1) is 0 Å². The number of hydrogen-bond donors (Lipinski definition) is 3. The molecule has 85 heavy (non-hydrogen) atoms. The predicted octanol–water partition coefficient (Wildman–Crippen LogP) is 19.5. The van der Waals surface area contributed by atoms with Gasteiger partial charge in [-0.15, -0.1) is 0 Å². The van der Waals surface area contributed by atoms with E-state index in [0.29, 0.717) is 19.3 Å². The first-order valence-corrected chi connectivity index (χ1v) is 35.3. The zero-order valence-corrected chi connectivity index (χ0v) is 54.6. The van der Waals surface area contributed by atoms with Crippen LogP contribution in [0.2, 0.25) is 0 Å². The van der Waals surface area contributed by atoms with Crippen molar-refractivity contribution in [1.82, 2.24) is 0 Å². The van der Waals surface area contributed by atoms with E-state index in [1.54, 1.807) is 0 Å². The number of ether oxygens (including phenoxy) is 5. The fourth-order valence-electron chi connectivity index (χ4n) is 10.7. The molecule has 12 nitrogen and oxygen atoms in total. The summed E-state index contributed by atoms with van der Waals surface area (Å²) in [6, 6.07) is 0. The number of aliphatic hydroxyl groups is 2. The summed E-state index contributed by atoms with van der Waals surface area (Å²) in [7, 11) is 0. The second kappa shape index (κ2) is 60.7. The topological polar surface area (TPSA) is 175 Å². The van der Waals surface area contributed by atoms with Crippen molar-refractivity contribution in [1.29, 1.82) is 0 Å². The van der Waals surface area contributed by atoms with Gasteiger partial charge in [0.25, 0.3) is 0 Å². The van der Waals surface area contributed by atoms with Crippen molar-refractivity contribution in [2.75, 3.05) is 13.2 Å². The monoisotopic (exact) mass is 1200 g/mol. The van der Waals surface area contributed by atoms with Gasteiger partial charge >= 0.3 is 23.9 Å². The molecule has 492 valence electrons. The van der Waals surface area contributed by atoms with Gasteiger partial charge in [0, 0.05) is 19.3 Å². The Labute approximate surface area is 519 Å². The Morgan fingerprint density at radius 1 is 0.400 bits per heavy atom. The van der Waals surface area contributed by atoms with Crippen LogP contribution in [-0.4, -0.2) is 89.2 Å². The smallest absolute Gasteiger partial charge is 0.335 e. The maximum atomic E-state index is 13.2. The van der Waals surface area contributed by atoms with Crippen molar-refractivity contribution in [2.45, 2.75) is 366 Å². The van der Waals surface area contributed by atoms with E-state index in [-0.39, 0.29) is 25.9 Å². The molecular weight excluding hydrogens is 1070 g/mol. The van der Waals surface area contributed by atoms with Crippen LogP contribution in [0.25, 0.3) is 0 Å². The number of carbonyl (C=O) groups is 4. The van der Waals surface area contributed by atoms with E-state index in [2.05, 4.69) is 81.5 Å². The average molecular weight is 1200 g/mol. The summed E-state index contributed by atoms with van der Waals surface area (Å²) in [5, 5.41) is 31.7. The lowest BCUT2D eigenvalue weighted by atomic mass is 9.98. The average Bonchev–Trinajstić information content (AvgIpc) is 3.46. The molecule has 0 amide bonds. The van der Waals surface area contributed by atoms with Crippen LogP contribution < -0.4 is 0 Å². The summed E-state index contributed by atoms with van der Waals surface area (Å²) in [6.45, 7) is 5.93. The quantitative estimate of drug-likeness (QED) is 0.0228. The maximum absolute atomic E-state index is 13.2. The van der Waals surface area contributed by atoms with Crippen molar-refractivity contribution in [2.24, 2.45) is 0 Å².